The van der Waals surface area contributed by atoms with E-state index in [1.54, 1.807) is 12.1 Å². The van der Waals surface area contributed by atoms with Gasteiger partial charge in [0.05, 0.1) is 6.10 Å². The van der Waals surface area contributed by atoms with Crippen LogP contribution in [0.15, 0.2) is 33.5 Å². The number of fused-ring (bicyclic) bond motifs is 1. The van der Waals surface area contributed by atoms with Crippen molar-refractivity contribution in [2.75, 3.05) is 19.8 Å². The van der Waals surface area contributed by atoms with E-state index < -0.39 is 0 Å². The van der Waals surface area contributed by atoms with Crippen LogP contribution in [0.25, 0.3) is 11.0 Å². The van der Waals surface area contributed by atoms with Gasteiger partial charge >= 0.3 is 5.63 Å². The minimum absolute atomic E-state index is 0.0874. The van der Waals surface area contributed by atoms with Crippen LogP contribution in [0.4, 0.5) is 0 Å². The Morgan fingerprint density at radius 2 is 2.25 bits per heavy atom. The number of nitrogens with one attached hydrogen (secondary N) is 1. The van der Waals surface area contributed by atoms with Crippen molar-refractivity contribution in [1.82, 2.24) is 5.32 Å². The Hall–Kier alpha value is -2.34. The average molecular weight is 331 g/mol. The van der Waals surface area contributed by atoms with E-state index in [1.807, 2.05) is 13.0 Å². The highest BCUT2D eigenvalue weighted by molar-refractivity contribution is 5.82. The second-order valence-corrected chi connectivity index (χ2v) is 5.83. The van der Waals surface area contributed by atoms with Crippen LogP contribution >= 0.6 is 0 Å². The van der Waals surface area contributed by atoms with Crippen molar-refractivity contribution in [2.24, 2.45) is 0 Å². The zero-order valence-electron chi connectivity index (χ0n) is 13.7. The lowest BCUT2D eigenvalue weighted by Crippen LogP contribution is -2.35. The van der Waals surface area contributed by atoms with Gasteiger partial charge in [-0.1, -0.05) is 6.92 Å². The SMILES string of the molecule is CCc1cc(=O)oc2cc(OCC(=O)NCC3CCCO3)ccc12. The Kier molecular flexibility index (Phi) is 5.15. The number of rotatable bonds is 6. The van der Waals surface area contributed by atoms with Crippen LogP contribution in [0.2, 0.25) is 0 Å². The van der Waals surface area contributed by atoms with Crippen molar-refractivity contribution in [2.45, 2.75) is 32.3 Å². The van der Waals surface area contributed by atoms with E-state index in [1.165, 1.54) is 6.07 Å². The Labute approximate surface area is 139 Å². The van der Waals surface area contributed by atoms with Gasteiger partial charge in [0.15, 0.2) is 6.61 Å². The van der Waals surface area contributed by atoms with Crippen LogP contribution in [0.3, 0.4) is 0 Å². The summed E-state index contributed by atoms with van der Waals surface area (Å²) >= 11 is 0. The molecule has 1 N–H and O–H groups in total. The number of hydrogen-bond acceptors (Lipinski definition) is 5. The highest BCUT2D eigenvalue weighted by atomic mass is 16.5. The molecule has 1 unspecified atom stereocenters. The first-order chi connectivity index (χ1) is 11.7. The van der Waals surface area contributed by atoms with E-state index in [0.717, 1.165) is 36.8 Å². The molecule has 6 heteroatoms. The van der Waals surface area contributed by atoms with E-state index >= 15 is 0 Å². The topological polar surface area (TPSA) is 77.8 Å². The van der Waals surface area contributed by atoms with E-state index in [9.17, 15) is 9.59 Å². The predicted molar refractivity (Wildman–Crippen MR) is 89.3 cm³/mol. The molecule has 1 amide bonds. The van der Waals surface area contributed by atoms with Crippen LogP contribution in [0.1, 0.15) is 25.3 Å². The molecule has 1 saturated heterocycles. The molecule has 0 saturated carbocycles. The molecular formula is C18H21NO5. The van der Waals surface area contributed by atoms with Crippen LogP contribution in [-0.4, -0.2) is 31.8 Å². The highest BCUT2D eigenvalue weighted by Crippen LogP contribution is 2.23. The molecule has 0 bridgehead atoms. The van der Waals surface area contributed by atoms with Crippen molar-refractivity contribution >= 4 is 16.9 Å². The minimum atomic E-state index is -0.384. The van der Waals surface area contributed by atoms with Crippen molar-refractivity contribution in [3.63, 3.8) is 0 Å². The lowest BCUT2D eigenvalue weighted by Gasteiger charge is -2.11. The minimum Gasteiger partial charge on any atom is -0.484 e. The number of carbonyl (C=O) groups is 1. The first-order valence-corrected chi connectivity index (χ1v) is 8.23. The second kappa shape index (κ2) is 7.49. The van der Waals surface area contributed by atoms with Crippen LogP contribution in [0, 0.1) is 0 Å². The summed E-state index contributed by atoms with van der Waals surface area (Å²) in [7, 11) is 0. The van der Waals surface area contributed by atoms with Crippen LogP contribution in [0.5, 0.6) is 5.75 Å². The van der Waals surface area contributed by atoms with Gasteiger partial charge in [0.2, 0.25) is 0 Å². The molecule has 1 atom stereocenters. The molecule has 1 aliphatic heterocycles. The molecule has 1 aliphatic rings. The first-order valence-electron chi connectivity index (χ1n) is 8.23. The van der Waals surface area contributed by atoms with Gasteiger partial charge in [0.25, 0.3) is 5.91 Å². The van der Waals surface area contributed by atoms with Crippen LogP contribution in [-0.2, 0) is 16.0 Å². The van der Waals surface area contributed by atoms with E-state index in [0.29, 0.717) is 17.9 Å². The summed E-state index contributed by atoms with van der Waals surface area (Å²) in [6.45, 7) is 3.17. The van der Waals surface area contributed by atoms with Crippen LogP contribution < -0.4 is 15.7 Å². The molecule has 3 rings (SSSR count). The Morgan fingerprint density at radius 1 is 1.38 bits per heavy atom. The molecule has 24 heavy (non-hydrogen) atoms. The normalized spacial score (nSPS) is 17.1. The summed E-state index contributed by atoms with van der Waals surface area (Å²) < 4.78 is 16.2. The molecule has 6 nitrogen and oxygen atoms in total. The maximum atomic E-state index is 11.8. The van der Waals surface area contributed by atoms with Crippen molar-refractivity contribution < 1.29 is 18.7 Å². The Bertz CT molecular complexity index is 777. The van der Waals surface area contributed by atoms with Crippen molar-refractivity contribution in [3.8, 4) is 5.75 Å². The third-order valence-electron chi connectivity index (χ3n) is 4.10. The molecule has 0 aliphatic carbocycles. The molecule has 2 aromatic rings. The Balaban J connectivity index is 1.60. The number of benzene rings is 1. The summed E-state index contributed by atoms with van der Waals surface area (Å²) in [5.74, 6) is 0.292. The fourth-order valence-corrected chi connectivity index (χ4v) is 2.83. The Morgan fingerprint density at radius 3 is 3.00 bits per heavy atom. The zero-order valence-corrected chi connectivity index (χ0v) is 13.7. The maximum Gasteiger partial charge on any atom is 0.336 e. The summed E-state index contributed by atoms with van der Waals surface area (Å²) in [6, 6.07) is 6.76. The molecule has 2 heterocycles. The summed E-state index contributed by atoms with van der Waals surface area (Å²) in [5, 5.41) is 3.68. The molecular weight excluding hydrogens is 310 g/mol. The van der Waals surface area contributed by atoms with Gasteiger partial charge in [-0.15, -0.1) is 0 Å². The summed E-state index contributed by atoms with van der Waals surface area (Å²) in [4.78, 5) is 23.4. The molecule has 1 aromatic heterocycles. The lowest BCUT2D eigenvalue weighted by atomic mass is 10.1. The van der Waals surface area contributed by atoms with Gasteiger partial charge in [0.1, 0.15) is 11.3 Å². The number of hydrogen-bond donors (Lipinski definition) is 1. The number of ether oxygens (including phenoxy) is 2. The number of aryl methyl sites for hydroxylation is 1. The number of carbonyl (C=O) groups excluding carboxylic acids is 1. The van der Waals surface area contributed by atoms with E-state index in [2.05, 4.69) is 5.32 Å². The van der Waals surface area contributed by atoms with E-state index in [-0.39, 0.29) is 24.2 Å². The number of amides is 1. The van der Waals surface area contributed by atoms with E-state index in [4.69, 9.17) is 13.9 Å². The second-order valence-electron chi connectivity index (χ2n) is 5.83. The summed E-state index contributed by atoms with van der Waals surface area (Å²) in [5.41, 5.74) is 1.02. The monoisotopic (exact) mass is 331 g/mol. The average Bonchev–Trinajstić information content (AvgIpc) is 3.10. The lowest BCUT2D eigenvalue weighted by molar-refractivity contribution is -0.123. The third kappa shape index (κ3) is 3.94. The van der Waals surface area contributed by atoms with Gasteiger partial charge in [-0.2, -0.15) is 0 Å². The third-order valence-corrected chi connectivity index (χ3v) is 4.10. The van der Waals surface area contributed by atoms with Gasteiger partial charge < -0.3 is 19.2 Å². The highest BCUT2D eigenvalue weighted by Gasteiger charge is 2.16. The molecule has 0 radical (unpaired) electrons. The van der Waals surface area contributed by atoms with Gasteiger partial charge in [-0.05, 0) is 37.0 Å². The summed E-state index contributed by atoms with van der Waals surface area (Å²) in [6.07, 6.45) is 2.87. The molecule has 1 aromatic carbocycles. The van der Waals surface area contributed by atoms with Crippen molar-refractivity contribution in [3.05, 3.63) is 40.2 Å². The first kappa shape index (κ1) is 16.5. The van der Waals surface area contributed by atoms with Gasteiger partial charge in [-0.3, -0.25) is 4.79 Å². The van der Waals surface area contributed by atoms with Crippen molar-refractivity contribution in [1.29, 1.82) is 0 Å². The smallest absolute Gasteiger partial charge is 0.336 e. The fraction of sp³-hybridized carbons (Fsp3) is 0.444. The predicted octanol–water partition coefficient (Wildman–Crippen LogP) is 2.03. The quantitative estimate of drug-likeness (QED) is 0.820. The largest absolute Gasteiger partial charge is 0.484 e. The molecule has 0 spiro atoms. The maximum absolute atomic E-state index is 11.8. The molecule has 128 valence electrons. The van der Waals surface area contributed by atoms with Gasteiger partial charge in [0, 0.05) is 30.7 Å². The zero-order chi connectivity index (χ0) is 16.9. The fourth-order valence-electron chi connectivity index (χ4n) is 2.83. The molecule has 1 fully saturated rings. The van der Waals surface area contributed by atoms with Gasteiger partial charge in [-0.25, -0.2) is 4.79 Å². The standard InChI is InChI=1S/C18H21NO5/c1-2-12-8-18(21)24-16-9-13(5-6-15(12)16)23-11-17(20)19-10-14-4-3-7-22-14/h5-6,8-9,14H,2-4,7,10-11H2,1H3,(H,19,20).